The van der Waals surface area contributed by atoms with Gasteiger partial charge in [-0.25, -0.2) is 9.97 Å². The lowest BCUT2D eigenvalue weighted by atomic mass is 10.0. The van der Waals surface area contributed by atoms with Gasteiger partial charge in [-0.05, 0) is 6.07 Å². The Labute approximate surface area is 125 Å². The first kappa shape index (κ1) is 14.7. The molecule has 6 N–H and O–H groups in total. The summed E-state index contributed by atoms with van der Waals surface area (Å²) < 4.78 is 7.24. The quantitative estimate of drug-likeness (QED) is 0.568. The minimum absolute atomic E-state index is 0.122. The average Bonchev–Trinajstić information content (AvgIpc) is 3.02. The first-order chi connectivity index (χ1) is 10.4. The van der Waals surface area contributed by atoms with E-state index in [9.17, 15) is 15.0 Å². The highest BCUT2D eigenvalue weighted by molar-refractivity contribution is 5.94. The fourth-order valence-electron chi connectivity index (χ4n) is 2.67. The number of aliphatic hydroxyl groups excluding tert-OH is 2. The van der Waals surface area contributed by atoms with E-state index in [-0.39, 0.29) is 24.2 Å². The number of primary amides is 1. The summed E-state index contributed by atoms with van der Waals surface area (Å²) in [7, 11) is 0. The van der Waals surface area contributed by atoms with E-state index >= 15 is 0 Å². The van der Waals surface area contributed by atoms with Crippen LogP contribution >= 0.6 is 0 Å². The second-order valence-electron chi connectivity index (χ2n) is 5.35. The van der Waals surface area contributed by atoms with Crippen molar-refractivity contribution in [3.05, 3.63) is 18.1 Å². The topological polar surface area (TPSA) is 150 Å². The van der Waals surface area contributed by atoms with Crippen molar-refractivity contribution in [2.75, 3.05) is 12.3 Å². The maximum Gasteiger partial charge on any atom is 0.286 e. The van der Waals surface area contributed by atoms with Gasteiger partial charge in [0.25, 0.3) is 5.91 Å². The molecule has 0 saturated carbocycles. The number of ether oxygens (including phenoxy) is 1. The van der Waals surface area contributed by atoms with Crippen molar-refractivity contribution >= 4 is 22.8 Å². The van der Waals surface area contributed by atoms with E-state index in [1.807, 2.05) is 0 Å². The highest BCUT2D eigenvalue weighted by Crippen LogP contribution is 2.35. The Morgan fingerprint density at radius 3 is 2.82 bits per heavy atom. The number of carbonyl (C=O) groups excluding carboxylic acids is 1. The molecule has 0 aliphatic carbocycles. The molecular weight excluding hydrogens is 290 g/mol. The van der Waals surface area contributed by atoms with Gasteiger partial charge in [0.05, 0.1) is 18.1 Å². The third-order valence-corrected chi connectivity index (χ3v) is 4.01. The number of hydrogen-bond acceptors (Lipinski definition) is 7. The zero-order valence-electron chi connectivity index (χ0n) is 11.9. The Morgan fingerprint density at radius 2 is 2.23 bits per heavy atom. The van der Waals surface area contributed by atoms with Crippen LogP contribution in [0.4, 0.5) is 5.82 Å². The Kier molecular flexibility index (Phi) is 3.47. The standard InChI is InChI=1S/C13H17N5O4/c1-5-7(4-19)22-13(8(5)20)18-3-2-6-9(14)16-11(10(15)21)17-12(6)18/h2-3,5,7-8,13,19-20H,4H2,1H3,(H2,15,21)(H2,14,16,17)/t5-,7-,8-,13-/m1/s1. The summed E-state index contributed by atoms with van der Waals surface area (Å²) in [6.07, 6.45) is -0.409. The molecule has 2 aromatic rings. The third-order valence-electron chi connectivity index (χ3n) is 4.01. The maximum atomic E-state index is 11.3. The van der Waals surface area contributed by atoms with Crippen LogP contribution in [-0.2, 0) is 4.74 Å². The average molecular weight is 307 g/mol. The van der Waals surface area contributed by atoms with Crippen molar-refractivity contribution in [2.45, 2.75) is 25.4 Å². The molecule has 1 aliphatic heterocycles. The number of hydrogen-bond donors (Lipinski definition) is 4. The molecule has 3 heterocycles. The molecule has 0 radical (unpaired) electrons. The van der Waals surface area contributed by atoms with Gasteiger partial charge in [-0.3, -0.25) is 4.79 Å². The molecule has 3 rings (SSSR count). The Balaban J connectivity index is 2.10. The molecule has 4 atom stereocenters. The number of nitrogens with two attached hydrogens (primary N) is 2. The smallest absolute Gasteiger partial charge is 0.286 e. The van der Waals surface area contributed by atoms with E-state index in [1.54, 1.807) is 23.8 Å². The van der Waals surface area contributed by atoms with E-state index in [0.29, 0.717) is 11.0 Å². The third kappa shape index (κ3) is 2.10. The van der Waals surface area contributed by atoms with Crippen LogP contribution in [0, 0.1) is 5.92 Å². The monoisotopic (exact) mass is 307 g/mol. The van der Waals surface area contributed by atoms with Gasteiger partial charge in [0.15, 0.2) is 6.23 Å². The van der Waals surface area contributed by atoms with Gasteiger partial charge in [0.2, 0.25) is 5.82 Å². The fraction of sp³-hybridized carbons (Fsp3) is 0.462. The molecule has 118 valence electrons. The van der Waals surface area contributed by atoms with Crippen LogP contribution in [0.25, 0.3) is 11.0 Å². The SMILES string of the molecule is C[C@H]1[C@@H](O)[C@H](n2ccc3c(N)nc(C(N)=O)nc32)O[C@@H]1CO. The van der Waals surface area contributed by atoms with Crippen molar-refractivity contribution in [2.24, 2.45) is 11.7 Å². The summed E-state index contributed by atoms with van der Waals surface area (Å²) in [5.41, 5.74) is 11.3. The largest absolute Gasteiger partial charge is 0.394 e. The Bertz CT molecular complexity index is 731. The van der Waals surface area contributed by atoms with Crippen LogP contribution in [0.5, 0.6) is 0 Å². The van der Waals surface area contributed by atoms with Gasteiger partial charge < -0.3 is 31.0 Å². The fourth-order valence-corrected chi connectivity index (χ4v) is 2.67. The van der Waals surface area contributed by atoms with E-state index in [0.717, 1.165) is 0 Å². The molecule has 0 bridgehead atoms. The number of carbonyl (C=O) groups is 1. The highest BCUT2D eigenvalue weighted by Gasteiger charge is 2.42. The zero-order valence-corrected chi connectivity index (χ0v) is 11.9. The van der Waals surface area contributed by atoms with Crippen molar-refractivity contribution in [3.63, 3.8) is 0 Å². The van der Waals surface area contributed by atoms with Crippen molar-refractivity contribution in [1.29, 1.82) is 0 Å². The molecule has 22 heavy (non-hydrogen) atoms. The van der Waals surface area contributed by atoms with E-state index in [1.165, 1.54) is 0 Å². The van der Waals surface area contributed by atoms with Crippen LogP contribution in [0.2, 0.25) is 0 Å². The Morgan fingerprint density at radius 1 is 1.50 bits per heavy atom. The minimum atomic E-state index is -0.832. The zero-order chi connectivity index (χ0) is 16.0. The predicted molar refractivity (Wildman–Crippen MR) is 76.6 cm³/mol. The summed E-state index contributed by atoms with van der Waals surface area (Å²) in [5.74, 6) is -1.13. The molecule has 1 aliphatic rings. The molecule has 1 saturated heterocycles. The molecule has 9 heteroatoms. The summed E-state index contributed by atoms with van der Waals surface area (Å²) in [4.78, 5) is 19.2. The van der Waals surface area contributed by atoms with Gasteiger partial charge >= 0.3 is 0 Å². The summed E-state index contributed by atoms with van der Waals surface area (Å²) in [6.45, 7) is 1.59. The minimum Gasteiger partial charge on any atom is -0.394 e. The number of nitrogen functional groups attached to an aromatic ring is 1. The van der Waals surface area contributed by atoms with Gasteiger partial charge in [-0.1, -0.05) is 6.92 Å². The van der Waals surface area contributed by atoms with Crippen molar-refractivity contribution < 1.29 is 19.7 Å². The molecular formula is C13H17N5O4. The lowest BCUT2D eigenvalue weighted by Crippen LogP contribution is -2.25. The predicted octanol–water partition coefficient (Wildman–Crippen LogP) is -1.00. The summed E-state index contributed by atoms with van der Waals surface area (Å²) >= 11 is 0. The van der Waals surface area contributed by atoms with Gasteiger partial charge in [-0.2, -0.15) is 0 Å². The van der Waals surface area contributed by atoms with Gasteiger partial charge in [-0.15, -0.1) is 0 Å². The second-order valence-corrected chi connectivity index (χ2v) is 5.35. The normalized spacial score (nSPS) is 28.3. The number of aliphatic hydroxyl groups is 2. The van der Waals surface area contributed by atoms with Crippen molar-refractivity contribution in [3.8, 4) is 0 Å². The van der Waals surface area contributed by atoms with Crippen LogP contribution < -0.4 is 11.5 Å². The van der Waals surface area contributed by atoms with E-state index < -0.39 is 24.3 Å². The molecule has 0 aromatic carbocycles. The molecule has 2 aromatic heterocycles. The van der Waals surface area contributed by atoms with Crippen LogP contribution in [0.1, 0.15) is 23.8 Å². The van der Waals surface area contributed by atoms with Gasteiger partial charge in [0, 0.05) is 12.1 Å². The highest BCUT2D eigenvalue weighted by atomic mass is 16.5. The number of amides is 1. The molecule has 9 nitrogen and oxygen atoms in total. The van der Waals surface area contributed by atoms with Crippen LogP contribution in [0.3, 0.4) is 0 Å². The van der Waals surface area contributed by atoms with E-state index in [2.05, 4.69) is 9.97 Å². The first-order valence-electron chi connectivity index (χ1n) is 6.82. The van der Waals surface area contributed by atoms with Crippen LogP contribution in [-0.4, -0.2) is 49.5 Å². The summed E-state index contributed by atoms with van der Waals surface area (Å²) in [5, 5.41) is 20.1. The molecule has 1 fully saturated rings. The van der Waals surface area contributed by atoms with E-state index in [4.69, 9.17) is 16.2 Å². The number of nitrogens with zero attached hydrogens (tertiary/aromatic N) is 3. The molecule has 0 unspecified atom stereocenters. The lowest BCUT2D eigenvalue weighted by Gasteiger charge is -2.18. The maximum absolute atomic E-state index is 11.3. The molecule has 1 amide bonds. The lowest BCUT2D eigenvalue weighted by molar-refractivity contribution is -0.0489. The number of aromatic nitrogens is 3. The number of fused-ring (bicyclic) bond motifs is 1. The Hall–Kier alpha value is -2.23. The molecule has 0 spiro atoms. The number of anilines is 1. The summed E-state index contributed by atoms with van der Waals surface area (Å²) in [6, 6.07) is 1.67. The van der Waals surface area contributed by atoms with Gasteiger partial charge in [0.1, 0.15) is 17.6 Å². The number of rotatable bonds is 3. The van der Waals surface area contributed by atoms with Crippen molar-refractivity contribution in [1.82, 2.24) is 14.5 Å². The first-order valence-corrected chi connectivity index (χ1v) is 6.82. The van der Waals surface area contributed by atoms with Crippen LogP contribution in [0.15, 0.2) is 12.3 Å². The second kappa shape index (κ2) is 5.20.